The Hall–Kier alpha value is -1.93. The Morgan fingerprint density at radius 1 is 1.41 bits per heavy atom. The molecule has 3 fully saturated rings. The molecule has 2 amide bonds. The average Bonchev–Trinajstić information content (AvgIpc) is 3.27. The molecular weight excluding hydrogens is 376 g/mol. The first kappa shape index (κ1) is 21.8. The van der Waals surface area contributed by atoms with E-state index >= 15 is 0 Å². The Bertz CT molecular complexity index is 709. The quantitative estimate of drug-likeness (QED) is 0.552. The van der Waals surface area contributed by atoms with Crippen LogP contribution in [0.5, 0.6) is 0 Å². The van der Waals surface area contributed by atoms with Crippen LogP contribution in [0.25, 0.3) is 0 Å². The number of ether oxygens (including phenoxy) is 1. The minimum Gasteiger partial charge on any atom is -0.481 e. The SMILES string of the molecule is C=CCN(C(=O)C1N(CCCO)C(=O)[C@@H]2[C@@H](C(=O)O)[C@@]3(CC)CCC12O3)C(C)C. The van der Waals surface area contributed by atoms with E-state index in [1.165, 1.54) is 4.90 Å². The van der Waals surface area contributed by atoms with E-state index in [0.29, 0.717) is 32.2 Å². The van der Waals surface area contributed by atoms with Crippen LogP contribution in [-0.2, 0) is 19.1 Å². The molecule has 3 rings (SSSR count). The largest absolute Gasteiger partial charge is 0.481 e. The molecule has 3 aliphatic rings. The van der Waals surface area contributed by atoms with E-state index in [-0.39, 0.29) is 31.0 Å². The van der Waals surface area contributed by atoms with Crippen LogP contribution in [0.2, 0.25) is 0 Å². The molecule has 2 bridgehead atoms. The Balaban J connectivity index is 2.09. The maximum Gasteiger partial charge on any atom is 0.310 e. The van der Waals surface area contributed by atoms with Gasteiger partial charge in [-0.3, -0.25) is 14.4 Å². The van der Waals surface area contributed by atoms with Crippen molar-refractivity contribution >= 4 is 17.8 Å². The van der Waals surface area contributed by atoms with Crippen LogP contribution in [-0.4, -0.2) is 80.8 Å². The highest BCUT2D eigenvalue weighted by molar-refractivity contribution is 5.98. The molecule has 0 saturated carbocycles. The van der Waals surface area contributed by atoms with Crippen LogP contribution >= 0.6 is 0 Å². The summed E-state index contributed by atoms with van der Waals surface area (Å²) in [6, 6.07) is -0.994. The second-order valence-corrected chi connectivity index (χ2v) is 8.65. The van der Waals surface area contributed by atoms with E-state index in [1.807, 2.05) is 20.8 Å². The van der Waals surface area contributed by atoms with Crippen LogP contribution in [0.1, 0.15) is 46.5 Å². The van der Waals surface area contributed by atoms with Gasteiger partial charge < -0.3 is 24.7 Å². The number of hydrogen-bond donors (Lipinski definition) is 2. The number of fused-ring (bicyclic) bond motifs is 1. The number of aliphatic hydroxyl groups excluding tert-OH is 1. The highest BCUT2D eigenvalue weighted by atomic mass is 16.5. The van der Waals surface area contributed by atoms with Crippen LogP contribution in [0.4, 0.5) is 0 Å². The van der Waals surface area contributed by atoms with Gasteiger partial charge >= 0.3 is 5.97 Å². The van der Waals surface area contributed by atoms with E-state index in [9.17, 15) is 24.6 Å². The van der Waals surface area contributed by atoms with Gasteiger partial charge in [-0.2, -0.15) is 0 Å². The van der Waals surface area contributed by atoms with Gasteiger partial charge in [0.25, 0.3) is 0 Å². The lowest BCUT2D eigenvalue weighted by Crippen LogP contribution is -2.57. The zero-order valence-corrected chi connectivity index (χ0v) is 17.5. The lowest BCUT2D eigenvalue weighted by molar-refractivity contribution is -0.158. The lowest BCUT2D eigenvalue weighted by atomic mass is 9.65. The molecular formula is C21H32N2O6. The zero-order valence-electron chi connectivity index (χ0n) is 17.5. The maximum atomic E-state index is 13.7. The Labute approximate surface area is 171 Å². The minimum absolute atomic E-state index is 0.111. The zero-order chi connectivity index (χ0) is 21.6. The van der Waals surface area contributed by atoms with Crippen LogP contribution in [0.15, 0.2) is 12.7 Å². The number of hydrogen-bond acceptors (Lipinski definition) is 5. The smallest absolute Gasteiger partial charge is 0.310 e. The molecule has 1 spiro atoms. The topological polar surface area (TPSA) is 107 Å². The molecule has 8 heteroatoms. The van der Waals surface area contributed by atoms with Gasteiger partial charge in [-0.15, -0.1) is 6.58 Å². The van der Waals surface area contributed by atoms with E-state index in [1.54, 1.807) is 11.0 Å². The Kier molecular flexibility index (Phi) is 5.80. The monoisotopic (exact) mass is 408 g/mol. The highest BCUT2D eigenvalue weighted by Gasteiger charge is 2.79. The van der Waals surface area contributed by atoms with Crippen molar-refractivity contribution in [2.24, 2.45) is 11.8 Å². The van der Waals surface area contributed by atoms with Gasteiger partial charge in [0.15, 0.2) is 0 Å². The van der Waals surface area contributed by atoms with Gasteiger partial charge in [0.05, 0.1) is 11.5 Å². The van der Waals surface area contributed by atoms with Crippen molar-refractivity contribution in [2.75, 3.05) is 19.7 Å². The molecule has 162 valence electrons. The van der Waals surface area contributed by atoms with Crippen LogP contribution in [0, 0.1) is 11.8 Å². The molecule has 0 aromatic rings. The summed E-state index contributed by atoms with van der Waals surface area (Å²) in [5.41, 5.74) is -2.04. The summed E-state index contributed by atoms with van der Waals surface area (Å²) < 4.78 is 6.44. The van der Waals surface area contributed by atoms with E-state index in [0.717, 1.165) is 0 Å². The fourth-order valence-corrected chi connectivity index (χ4v) is 5.71. The number of carboxylic acids is 1. The van der Waals surface area contributed by atoms with Crippen LogP contribution < -0.4 is 0 Å². The summed E-state index contributed by atoms with van der Waals surface area (Å²) in [4.78, 5) is 42.4. The molecule has 0 radical (unpaired) electrons. The molecule has 2 unspecified atom stereocenters. The summed E-state index contributed by atoms with van der Waals surface area (Å²) in [6.45, 7) is 9.80. The van der Waals surface area contributed by atoms with Gasteiger partial charge in [-0.25, -0.2) is 0 Å². The number of aliphatic hydroxyl groups is 1. The number of carbonyl (C=O) groups is 3. The number of likely N-dealkylation sites (tertiary alicyclic amines) is 1. The Morgan fingerprint density at radius 3 is 2.62 bits per heavy atom. The van der Waals surface area contributed by atoms with Gasteiger partial charge in [-0.1, -0.05) is 13.0 Å². The molecule has 3 aliphatic heterocycles. The third kappa shape index (κ3) is 2.99. The van der Waals surface area contributed by atoms with Gasteiger partial charge in [-0.05, 0) is 39.5 Å². The number of carboxylic acid groups (broad SMARTS) is 1. The fourth-order valence-electron chi connectivity index (χ4n) is 5.71. The molecule has 3 saturated heterocycles. The maximum absolute atomic E-state index is 13.7. The van der Waals surface area contributed by atoms with Gasteiger partial charge in [0.2, 0.25) is 11.8 Å². The number of amides is 2. The first-order valence-electron chi connectivity index (χ1n) is 10.5. The fraction of sp³-hybridized carbons (Fsp3) is 0.762. The molecule has 8 nitrogen and oxygen atoms in total. The van der Waals surface area contributed by atoms with E-state index < -0.39 is 35.0 Å². The lowest BCUT2D eigenvalue weighted by Gasteiger charge is -2.38. The van der Waals surface area contributed by atoms with Crippen LogP contribution in [0.3, 0.4) is 0 Å². The number of aliphatic carboxylic acids is 1. The normalized spacial score (nSPS) is 35.3. The third-order valence-corrected chi connectivity index (χ3v) is 6.97. The van der Waals surface area contributed by atoms with Crippen molar-refractivity contribution < 1.29 is 29.3 Å². The summed E-state index contributed by atoms with van der Waals surface area (Å²) in [5.74, 6) is -3.48. The van der Waals surface area contributed by atoms with Crippen molar-refractivity contribution in [3.63, 3.8) is 0 Å². The molecule has 3 heterocycles. The third-order valence-electron chi connectivity index (χ3n) is 6.97. The second-order valence-electron chi connectivity index (χ2n) is 8.65. The van der Waals surface area contributed by atoms with Crippen molar-refractivity contribution in [1.82, 2.24) is 9.80 Å². The predicted octanol–water partition coefficient (Wildman–Crippen LogP) is 1.03. The van der Waals surface area contributed by atoms with Crippen molar-refractivity contribution in [3.8, 4) is 0 Å². The highest BCUT2D eigenvalue weighted by Crippen LogP contribution is 2.64. The molecule has 2 N–H and O–H groups in total. The summed E-state index contributed by atoms with van der Waals surface area (Å²) in [7, 11) is 0. The number of rotatable bonds is 9. The summed E-state index contributed by atoms with van der Waals surface area (Å²) in [6.07, 6.45) is 3.44. The second kappa shape index (κ2) is 7.72. The van der Waals surface area contributed by atoms with Crippen molar-refractivity contribution in [2.45, 2.75) is 69.7 Å². The van der Waals surface area contributed by atoms with Crippen molar-refractivity contribution in [3.05, 3.63) is 12.7 Å². The van der Waals surface area contributed by atoms with E-state index in [2.05, 4.69) is 6.58 Å². The Morgan fingerprint density at radius 2 is 2.10 bits per heavy atom. The molecule has 0 aromatic carbocycles. The molecule has 0 aliphatic carbocycles. The standard InChI is InChI=1S/C21H32N2O6/c1-5-10-22(13(3)4)18(26)16-21-9-8-20(6-2,29-21)15(19(27)28)14(21)17(25)23(16)11-7-12-24/h5,13-16,24H,1,6-12H2,2-4H3,(H,27,28)/t14-,15-,16?,20+,21?/m0/s1. The average molecular weight is 408 g/mol. The minimum atomic E-state index is -1.13. The first-order chi connectivity index (χ1) is 13.7. The van der Waals surface area contributed by atoms with E-state index in [4.69, 9.17) is 4.74 Å². The van der Waals surface area contributed by atoms with Crippen molar-refractivity contribution in [1.29, 1.82) is 0 Å². The predicted molar refractivity (Wildman–Crippen MR) is 105 cm³/mol. The number of nitrogens with zero attached hydrogens (tertiary/aromatic N) is 2. The summed E-state index contributed by atoms with van der Waals surface area (Å²) >= 11 is 0. The van der Waals surface area contributed by atoms with Gasteiger partial charge in [0, 0.05) is 25.7 Å². The molecule has 5 atom stereocenters. The summed E-state index contributed by atoms with van der Waals surface area (Å²) in [5, 5.41) is 19.3. The van der Waals surface area contributed by atoms with Gasteiger partial charge in [0.1, 0.15) is 17.6 Å². The number of carbonyl (C=O) groups excluding carboxylic acids is 2. The molecule has 0 aromatic heterocycles. The first-order valence-corrected chi connectivity index (χ1v) is 10.5. The molecule has 29 heavy (non-hydrogen) atoms.